The molecule has 0 unspecified atom stereocenters. The third kappa shape index (κ3) is 3.06. The minimum absolute atomic E-state index is 0.507. The first-order valence-electron chi connectivity index (χ1n) is 6.57. The normalized spacial score (nSPS) is 10.4. The van der Waals surface area contributed by atoms with Gasteiger partial charge in [0, 0.05) is 17.6 Å². The molecule has 0 spiro atoms. The lowest BCUT2D eigenvalue weighted by atomic mass is 10.2. The standard InChI is InChI=1S/C17H15NO2/c1-2-6-15(7-3-1)19-11-12-20-16-9-8-14-5-4-10-18-17(14)13-16/h1-10,13H,11-12H2. The van der Waals surface area contributed by atoms with Crippen molar-refractivity contribution in [1.82, 2.24) is 4.98 Å². The quantitative estimate of drug-likeness (QED) is 0.659. The molecular weight excluding hydrogens is 250 g/mol. The molecule has 0 saturated carbocycles. The molecule has 1 aromatic heterocycles. The predicted molar refractivity (Wildman–Crippen MR) is 79.2 cm³/mol. The Hall–Kier alpha value is -2.55. The van der Waals surface area contributed by atoms with Gasteiger partial charge in [-0.2, -0.15) is 0 Å². The van der Waals surface area contributed by atoms with Gasteiger partial charge in [-0.15, -0.1) is 0 Å². The Morgan fingerprint density at radius 2 is 1.55 bits per heavy atom. The second-order valence-corrected chi connectivity index (χ2v) is 4.37. The fraction of sp³-hybridized carbons (Fsp3) is 0.118. The largest absolute Gasteiger partial charge is 0.490 e. The van der Waals surface area contributed by atoms with Crippen molar-refractivity contribution >= 4 is 10.9 Å². The van der Waals surface area contributed by atoms with Crippen LogP contribution in [-0.4, -0.2) is 18.2 Å². The number of rotatable bonds is 5. The van der Waals surface area contributed by atoms with Gasteiger partial charge in [0.15, 0.2) is 0 Å². The lowest BCUT2D eigenvalue weighted by Gasteiger charge is -2.08. The molecule has 0 amide bonds. The van der Waals surface area contributed by atoms with Crippen molar-refractivity contribution in [3.63, 3.8) is 0 Å². The Balaban J connectivity index is 1.55. The maximum Gasteiger partial charge on any atom is 0.122 e. The van der Waals surface area contributed by atoms with Gasteiger partial charge in [-0.05, 0) is 30.3 Å². The van der Waals surface area contributed by atoms with E-state index in [-0.39, 0.29) is 0 Å². The van der Waals surface area contributed by atoms with Crippen LogP contribution in [0.3, 0.4) is 0 Å². The summed E-state index contributed by atoms with van der Waals surface area (Å²) in [4.78, 5) is 4.31. The summed E-state index contributed by atoms with van der Waals surface area (Å²) in [5.74, 6) is 1.67. The average molecular weight is 265 g/mol. The first-order valence-corrected chi connectivity index (χ1v) is 6.57. The van der Waals surface area contributed by atoms with E-state index in [2.05, 4.69) is 4.98 Å². The summed E-state index contributed by atoms with van der Waals surface area (Å²) in [5.41, 5.74) is 0.939. The highest BCUT2D eigenvalue weighted by atomic mass is 16.5. The Bertz CT molecular complexity index is 683. The second-order valence-electron chi connectivity index (χ2n) is 4.37. The van der Waals surface area contributed by atoms with Crippen molar-refractivity contribution < 1.29 is 9.47 Å². The van der Waals surface area contributed by atoms with Gasteiger partial charge in [0.1, 0.15) is 24.7 Å². The first-order chi connectivity index (χ1) is 9.92. The van der Waals surface area contributed by atoms with E-state index in [4.69, 9.17) is 9.47 Å². The molecule has 3 rings (SSSR count). The van der Waals surface area contributed by atoms with Crippen LogP contribution in [0.25, 0.3) is 10.9 Å². The molecule has 0 saturated heterocycles. The molecule has 0 radical (unpaired) electrons. The molecule has 0 bridgehead atoms. The number of pyridine rings is 1. The van der Waals surface area contributed by atoms with Crippen LogP contribution < -0.4 is 9.47 Å². The zero-order chi connectivity index (χ0) is 13.6. The van der Waals surface area contributed by atoms with Gasteiger partial charge in [0.25, 0.3) is 0 Å². The summed E-state index contributed by atoms with van der Waals surface area (Å²) in [6.07, 6.45) is 1.78. The lowest BCUT2D eigenvalue weighted by Crippen LogP contribution is -2.08. The summed E-state index contributed by atoms with van der Waals surface area (Å²) in [7, 11) is 0. The number of para-hydroxylation sites is 1. The summed E-state index contributed by atoms with van der Waals surface area (Å²) in [6.45, 7) is 1.03. The van der Waals surface area contributed by atoms with Crippen LogP contribution in [0.1, 0.15) is 0 Å². The number of hydrogen-bond donors (Lipinski definition) is 0. The highest BCUT2D eigenvalue weighted by molar-refractivity contribution is 5.79. The minimum Gasteiger partial charge on any atom is -0.490 e. The Morgan fingerprint density at radius 1 is 0.750 bits per heavy atom. The number of nitrogens with zero attached hydrogens (tertiary/aromatic N) is 1. The topological polar surface area (TPSA) is 31.4 Å². The number of hydrogen-bond acceptors (Lipinski definition) is 3. The summed E-state index contributed by atoms with van der Waals surface area (Å²) >= 11 is 0. The molecule has 2 aromatic carbocycles. The molecule has 3 heteroatoms. The van der Waals surface area contributed by atoms with E-state index in [1.54, 1.807) is 6.20 Å². The van der Waals surface area contributed by atoms with Gasteiger partial charge in [-0.1, -0.05) is 24.3 Å². The van der Waals surface area contributed by atoms with Crippen molar-refractivity contribution in [2.45, 2.75) is 0 Å². The second kappa shape index (κ2) is 6.06. The van der Waals surface area contributed by atoms with Crippen LogP contribution in [0.4, 0.5) is 0 Å². The monoisotopic (exact) mass is 265 g/mol. The van der Waals surface area contributed by atoms with E-state index in [0.717, 1.165) is 22.4 Å². The van der Waals surface area contributed by atoms with Crippen molar-refractivity contribution in [3.05, 3.63) is 66.9 Å². The summed E-state index contributed by atoms with van der Waals surface area (Å²) in [5, 5.41) is 1.11. The fourth-order valence-electron chi connectivity index (χ4n) is 1.97. The van der Waals surface area contributed by atoms with E-state index in [1.165, 1.54) is 0 Å². The highest BCUT2D eigenvalue weighted by Gasteiger charge is 1.98. The highest BCUT2D eigenvalue weighted by Crippen LogP contribution is 2.18. The van der Waals surface area contributed by atoms with Crippen LogP contribution in [-0.2, 0) is 0 Å². The Morgan fingerprint density at radius 3 is 2.40 bits per heavy atom. The number of fused-ring (bicyclic) bond motifs is 1. The molecule has 0 N–H and O–H groups in total. The van der Waals surface area contributed by atoms with Crippen molar-refractivity contribution in [2.24, 2.45) is 0 Å². The molecule has 0 aliphatic rings. The van der Waals surface area contributed by atoms with Crippen LogP contribution in [0, 0.1) is 0 Å². The van der Waals surface area contributed by atoms with Gasteiger partial charge < -0.3 is 9.47 Å². The predicted octanol–water partition coefficient (Wildman–Crippen LogP) is 3.69. The molecule has 20 heavy (non-hydrogen) atoms. The molecule has 0 aliphatic heterocycles. The zero-order valence-corrected chi connectivity index (χ0v) is 11.0. The summed E-state index contributed by atoms with van der Waals surface area (Å²) in [6, 6.07) is 19.6. The Kier molecular flexibility index (Phi) is 3.78. The van der Waals surface area contributed by atoms with Gasteiger partial charge in [-0.3, -0.25) is 4.98 Å². The molecule has 0 atom stereocenters. The van der Waals surface area contributed by atoms with Crippen molar-refractivity contribution in [1.29, 1.82) is 0 Å². The molecular formula is C17H15NO2. The minimum atomic E-state index is 0.507. The van der Waals surface area contributed by atoms with Crippen molar-refractivity contribution in [3.8, 4) is 11.5 Å². The SMILES string of the molecule is c1ccc(OCCOc2ccc3cccnc3c2)cc1. The van der Waals surface area contributed by atoms with Crippen molar-refractivity contribution in [2.75, 3.05) is 13.2 Å². The van der Waals surface area contributed by atoms with Gasteiger partial charge in [-0.25, -0.2) is 0 Å². The number of aromatic nitrogens is 1. The number of ether oxygens (including phenoxy) is 2. The van der Waals surface area contributed by atoms with E-state index in [0.29, 0.717) is 13.2 Å². The van der Waals surface area contributed by atoms with Gasteiger partial charge >= 0.3 is 0 Å². The van der Waals surface area contributed by atoms with Crippen LogP contribution in [0.15, 0.2) is 66.9 Å². The van der Waals surface area contributed by atoms with Crippen LogP contribution in [0.2, 0.25) is 0 Å². The lowest BCUT2D eigenvalue weighted by molar-refractivity contribution is 0.217. The van der Waals surface area contributed by atoms with Gasteiger partial charge in [0.2, 0.25) is 0 Å². The average Bonchev–Trinajstić information content (AvgIpc) is 2.52. The molecule has 1 heterocycles. The maximum atomic E-state index is 5.67. The van der Waals surface area contributed by atoms with E-state index >= 15 is 0 Å². The van der Waals surface area contributed by atoms with Gasteiger partial charge in [0.05, 0.1) is 5.52 Å². The van der Waals surface area contributed by atoms with E-state index < -0.39 is 0 Å². The molecule has 3 nitrogen and oxygen atoms in total. The zero-order valence-electron chi connectivity index (χ0n) is 11.0. The fourth-order valence-corrected chi connectivity index (χ4v) is 1.97. The molecule has 0 aliphatic carbocycles. The molecule has 3 aromatic rings. The Labute approximate surface area is 117 Å². The third-order valence-electron chi connectivity index (χ3n) is 2.94. The molecule has 0 fully saturated rings. The van der Waals surface area contributed by atoms with Crippen LogP contribution in [0.5, 0.6) is 11.5 Å². The third-order valence-corrected chi connectivity index (χ3v) is 2.94. The van der Waals surface area contributed by atoms with E-state index in [1.807, 2.05) is 60.7 Å². The molecule has 100 valence electrons. The first kappa shape index (κ1) is 12.5. The summed E-state index contributed by atoms with van der Waals surface area (Å²) < 4.78 is 11.2. The number of benzene rings is 2. The smallest absolute Gasteiger partial charge is 0.122 e. The maximum absolute atomic E-state index is 5.67. The van der Waals surface area contributed by atoms with E-state index in [9.17, 15) is 0 Å². The van der Waals surface area contributed by atoms with Crippen LogP contribution >= 0.6 is 0 Å².